The first-order valence-corrected chi connectivity index (χ1v) is 3.50. The summed E-state index contributed by atoms with van der Waals surface area (Å²) in [5, 5.41) is 0. The second-order valence-corrected chi connectivity index (χ2v) is 1.22. The third-order valence-corrected chi connectivity index (χ3v) is 0. The van der Waals surface area contributed by atoms with E-state index in [1.165, 1.54) is 0 Å². The van der Waals surface area contributed by atoms with E-state index in [9.17, 15) is 0 Å². The zero-order chi connectivity index (χ0) is 6.50. The molecule has 0 bridgehead atoms. The second-order valence-electron chi connectivity index (χ2n) is 0.408. The van der Waals surface area contributed by atoms with Crippen molar-refractivity contribution in [2.75, 3.05) is 0 Å². The molecule has 0 saturated carbocycles. The summed E-state index contributed by atoms with van der Waals surface area (Å²) in [5.74, 6) is 0. The number of rotatable bonds is 0. The van der Waals surface area contributed by atoms with Gasteiger partial charge in [0.05, 0.1) is 0 Å². The van der Waals surface area contributed by atoms with Gasteiger partial charge in [-0.25, -0.2) is 0 Å². The zero-order valence-electron chi connectivity index (χ0n) is 3.53. The molecule has 0 rings (SSSR count). The Morgan fingerprint density at radius 3 is 1.12 bits per heavy atom. The van der Waals surface area contributed by atoms with Crippen molar-refractivity contribution in [1.82, 2.24) is 0 Å². The van der Waals surface area contributed by atoms with Crippen LogP contribution in [-0.2, 0) is 49.3 Å². The molecule has 0 atom stereocenters. The SMILES string of the molecule is O=S(=O)([O-])[O-].[Mn+2].[O]=[Zn]. The van der Waals surface area contributed by atoms with Gasteiger partial charge >= 0.3 is 38.9 Å². The molecule has 0 heterocycles. The van der Waals surface area contributed by atoms with E-state index in [0.29, 0.717) is 0 Å². The molecule has 0 aliphatic carbocycles. The van der Waals surface area contributed by atoms with Crippen LogP contribution in [0.2, 0.25) is 0 Å². The fourth-order valence-corrected chi connectivity index (χ4v) is 0. The summed E-state index contributed by atoms with van der Waals surface area (Å²) in [6.07, 6.45) is 0. The molecule has 8 heteroatoms. The average Bonchev–Trinajstić information content (AvgIpc) is 1.36. The van der Waals surface area contributed by atoms with Crippen LogP contribution in [0.25, 0.3) is 0 Å². The molecule has 0 aromatic rings. The Kier molecular flexibility index (Phi) is 15.5. The van der Waals surface area contributed by atoms with Crippen LogP contribution in [0, 0.1) is 0 Å². The number of hydrogen-bond acceptors (Lipinski definition) is 5. The topological polar surface area (TPSA) is 97.3 Å². The van der Waals surface area contributed by atoms with E-state index in [4.69, 9.17) is 21.1 Å². The molecule has 0 saturated heterocycles. The minimum atomic E-state index is -5.17. The predicted molar refractivity (Wildman–Crippen MR) is 11.2 cm³/mol. The fraction of sp³-hybridized carbons (Fsp3) is 0. The first kappa shape index (κ1) is 15.9. The summed E-state index contributed by atoms with van der Waals surface area (Å²) < 4.78 is 42.5. The van der Waals surface area contributed by atoms with Crippen LogP contribution in [0.15, 0.2) is 0 Å². The van der Waals surface area contributed by atoms with Crippen LogP contribution >= 0.6 is 0 Å². The molecular weight excluding hydrogens is 232 g/mol. The Morgan fingerprint density at radius 2 is 1.12 bits per heavy atom. The fourth-order valence-electron chi connectivity index (χ4n) is 0. The van der Waals surface area contributed by atoms with Crippen LogP contribution in [0.5, 0.6) is 0 Å². The average molecular weight is 232 g/mol. The van der Waals surface area contributed by atoms with Gasteiger partial charge in [-0.1, -0.05) is 0 Å². The molecule has 0 aromatic heterocycles. The Morgan fingerprint density at radius 1 is 1.12 bits per heavy atom. The quantitative estimate of drug-likeness (QED) is 0.289. The standard InChI is InChI=1S/Mn.H2O4S.O.Zn/c;1-5(2,3)4;;/h;(H2,1,2,3,4);;/q+2;;;/p-2. The van der Waals surface area contributed by atoms with Gasteiger partial charge in [0.2, 0.25) is 0 Å². The van der Waals surface area contributed by atoms with Crippen molar-refractivity contribution >= 4 is 10.4 Å². The molecule has 0 aliphatic heterocycles. The summed E-state index contributed by atoms with van der Waals surface area (Å²) in [7, 11) is -5.17. The van der Waals surface area contributed by atoms with E-state index >= 15 is 0 Å². The van der Waals surface area contributed by atoms with Crippen LogP contribution in [0.4, 0.5) is 0 Å². The first-order chi connectivity index (χ1) is 3.00. The normalized spacial score (nSPS) is 8.00. The summed E-state index contributed by atoms with van der Waals surface area (Å²) in [6.45, 7) is 0. The van der Waals surface area contributed by atoms with Crippen molar-refractivity contribution in [2.24, 2.45) is 0 Å². The summed E-state index contributed by atoms with van der Waals surface area (Å²) in [4.78, 5) is 0. The predicted octanol–water partition coefficient (Wildman–Crippen LogP) is -1.46. The van der Waals surface area contributed by atoms with Gasteiger partial charge in [-0.15, -0.1) is 0 Å². The van der Waals surface area contributed by atoms with Crippen molar-refractivity contribution < 1.29 is 56.4 Å². The van der Waals surface area contributed by atoms with Crippen LogP contribution in [-0.4, -0.2) is 17.5 Å². The molecule has 0 aromatic carbocycles. The van der Waals surface area contributed by atoms with Gasteiger partial charge in [0.1, 0.15) is 0 Å². The maximum atomic E-state index is 8.52. The molecule has 0 aliphatic rings. The molecule has 5 nitrogen and oxygen atoms in total. The van der Waals surface area contributed by atoms with E-state index in [-0.39, 0.29) is 35.3 Å². The molecule has 0 unspecified atom stereocenters. The van der Waals surface area contributed by atoms with Crippen molar-refractivity contribution in [3.8, 4) is 0 Å². The van der Waals surface area contributed by atoms with Crippen molar-refractivity contribution in [1.29, 1.82) is 0 Å². The maximum absolute atomic E-state index is 8.52. The van der Waals surface area contributed by atoms with Gasteiger partial charge in [-0.3, -0.25) is 8.42 Å². The van der Waals surface area contributed by atoms with E-state index in [1.54, 1.807) is 0 Å². The first-order valence-electron chi connectivity index (χ1n) is 0.955. The molecule has 1 radical (unpaired) electrons. The summed E-state index contributed by atoms with van der Waals surface area (Å²) in [5.41, 5.74) is 0. The molecule has 0 spiro atoms. The van der Waals surface area contributed by atoms with E-state index < -0.39 is 10.4 Å². The molecule has 45 valence electrons. The Bertz CT molecular complexity index is 106. The summed E-state index contributed by atoms with van der Waals surface area (Å²) in [6, 6.07) is 0. The Labute approximate surface area is 66.8 Å². The van der Waals surface area contributed by atoms with Crippen molar-refractivity contribution in [3.63, 3.8) is 0 Å². The summed E-state index contributed by atoms with van der Waals surface area (Å²) >= 11 is 0.125. The van der Waals surface area contributed by atoms with Gasteiger partial charge in [0.25, 0.3) is 0 Å². The van der Waals surface area contributed by atoms with Crippen LogP contribution in [0.1, 0.15) is 0 Å². The van der Waals surface area contributed by atoms with Gasteiger partial charge in [0.15, 0.2) is 0 Å². The third kappa shape index (κ3) is 348. The molecule has 0 N–H and O–H groups in total. The zero-order valence-corrected chi connectivity index (χ0v) is 8.50. The third-order valence-electron chi connectivity index (χ3n) is 0. The van der Waals surface area contributed by atoms with Crippen molar-refractivity contribution in [2.45, 2.75) is 0 Å². The van der Waals surface area contributed by atoms with Crippen molar-refractivity contribution in [3.05, 3.63) is 0 Å². The second kappa shape index (κ2) is 7.81. The molecule has 0 amide bonds. The molecule has 0 fully saturated rings. The van der Waals surface area contributed by atoms with Gasteiger partial charge in [0, 0.05) is 10.4 Å². The van der Waals surface area contributed by atoms with Gasteiger partial charge < -0.3 is 9.11 Å². The monoisotopic (exact) mass is 231 g/mol. The van der Waals surface area contributed by atoms with Gasteiger partial charge in [-0.05, 0) is 0 Å². The molecule has 8 heavy (non-hydrogen) atoms. The number of hydrogen-bond donors (Lipinski definition) is 0. The molecular formula is MnO5SZn. The Balaban J connectivity index is -0.0000000750. The van der Waals surface area contributed by atoms with Gasteiger partial charge in [-0.2, -0.15) is 0 Å². The minimum absolute atomic E-state index is 0. The van der Waals surface area contributed by atoms with E-state index in [1.807, 2.05) is 0 Å². The van der Waals surface area contributed by atoms with Crippen LogP contribution < -0.4 is 0 Å². The van der Waals surface area contributed by atoms with E-state index in [2.05, 4.69) is 0 Å². The van der Waals surface area contributed by atoms with Crippen LogP contribution in [0.3, 0.4) is 0 Å². The van der Waals surface area contributed by atoms with E-state index in [0.717, 1.165) is 0 Å². The Hall–Kier alpha value is 0.813.